The topological polar surface area (TPSA) is 12.9 Å². The lowest BCUT2D eigenvalue weighted by Crippen LogP contribution is -1.89. The first kappa shape index (κ1) is 12.3. The second-order valence-corrected chi connectivity index (χ2v) is 5.31. The van der Waals surface area contributed by atoms with E-state index in [2.05, 4.69) is 37.0 Å². The van der Waals surface area contributed by atoms with Gasteiger partial charge in [-0.3, -0.25) is 0 Å². The molecule has 0 amide bonds. The third-order valence-electron chi connectivity index (χ3n) is 3.04. The Labute approximate surface area is 108 Å². The molecule has 1 aliphatic carbocycles. The van der Waals surface area contributed by atoms with E-state index in [-0.39, 0.29) is 0 Å². The van der Waals surface area contributed by atoms with Crippen molar-refractivity contribution in [3.05, 3.63) is 39.7 Å². The fourth-order valence-electron chi connectivity index (χ4n) is 2.14. The highest BCUT2D eigenvalue weighted by Gasteiger charge is 2.21. The maximum Gasteiger partial charge on any atom is 0.0849 e. The quantitative estimate of drug-likeness (QED) is 0.596. The highest BCUT2D eigenvalue weighted by atomic mass is 32.1. The van der Waals surface area contributed by atoms with Gasteiger partial charge in [-0.2, -0.15) is 0 Å². The lowest BCUT2D eigenvalue weighted by molar-refractivity contribution is 0.864. The minimum absolute atomic E-state index is 0.613. The fourth-order valence-corrected chi connectivity index (χ4v) is 2.94. The number of thiazole rings is 1. The van der Waals surface area contributed by atoms with Crippen molar-refractivity contribution in [2.45, 2.75) is 40.0 Å². The molecule has 1 aromatic heterocycles. The summed E-state index contributed by atoms with van der Waals surface area (Å²) < 4.78 is 0. The average molecular weight is 245 g/mol. The monoisotopic (exact) mass is 245 g/mol. The van der Waals surface area contributed by atoms with Gasteiger partial charge in [0.05, 0.1) is 11.2 Å². The molecule has 0 spiro atoms. The summed E-state index contributed by atoms with van der Waals surface area (Å²) in [6, 6.07) is 6.81. The Hall–Kier alpha value is -1.15. The van der Waals surface area contributed by atoms with E-state index in [0.717, 1.165) is 6.42 Å². The van der Waals surface area contributed by atoms with Crippen LogP contribution < -0.4 is 0 Å². The summed E-state index contributed by atoms with van der Waals surface area (Å²) in [5, 5.41) is 0. The van der Waals surface area contributed by atoms with Crippen LogP contribution in [-0.2, 0) is 6.42 Å². The predicted octanol–water partition coefficient (Wildman–Crippen LogP) is 4.86. The SMILES string of the molecule is CC.CC(C)c1ccc2c(c1)Cc1scnc1-2. The van der Waals surface area contributed by atoms with Gasteiger partial charge in [-0.1, -0.05) is 45.9 Å². The van der Waals surface area contributed by atoms with E-state index in [1.165, 1.54) is 27.3 Å². The van der Waals surface area contributed by atoms with Crippen LogP contribution in [0.3, 0.4) is 0 Å². The molecule has 0 fully saturated rings. The van der Waals surface area contributed by atoms with E-state index < -0.39 is 0 Å². The zero-order valence-corrected chi connectivity index (χ0v) is 11.8. The van der Waals surface area contributed by atoms with Crippen molar-refractivity contribution in [2.24, 2.45) is 0 Å². The van der Waals surface area contributed by atoms with Crippen LogP contribution in [-0.4, -0.2) is 4.98 Å². The van der Waals surface area contributed by atoms with Crippen molar-refractivity contribution in [3.63, 3.8) is 0 Å². The number of aromatic nitrogens is 1. The molecule has 0 N–H and O–H groups in total. The van der Waals surface area contributed by atoms with Crippen molar-refractivity contribution < 1.29 is 0 Å². The standard InChI is InChI=1S/C13H13NS.C2H6/c1-8(2)9-3-4-11-10(5-9)6-12-13(11)14-7-15-12;1-2/h3-5,7-8H,6H2,1-2H3;1-2H3. The molecule has 0 atom stereocenters. The molecule has 2 heteroatoms. The van der Waals surface area contributed by atoms with Crippen molar-refractivity contribution in [3.8, 4) is 11.3 Å². The van der Waals surface area contributed by atoms with Crippen LogP contribution in [0.1, 0.15) is 49.6 Å². The van der Waals surface area contributed by atoms with Crippen molar-refractivity contribution in [1.29, 1.82) is 0 Å². The average Bonchev–Trinajstić information content (AvgIpc) is 2.90. The first-order valence-corrected chi connectivity index (χ1v) is 7.19. The van der Waals surface area contributed by atoms with Gasteiger partial charge in [0.2, 0.25) is 0 Å². The number of rotatable bonds is 1. The first-order chi connectivity index (χ1) is 8.25. The van der Waals surface area contributed by atoms with E-state index >= 15 is 0 Å². The molecule has 3 rings (SSSR count). The number of benzene rings is 1. The smallest absolute Gasteiger partial charge is 0.0849 e. The molecule has 0 saturated heterocycles. The summed E-state index contributed by atoms with van der Waals surface area (Å²) in [5.74, 6) is 0.613. The van der Waals surface area contributed by atoms with Crippen LogP contribution in [0, 0.1) is 0 Å². The summed E-state index contributed by atoms with van der Waals surface area (Å²) in [6.45, 7) is 8.48. The molecule has 0 aliphatic heterocycles. The van der Waals surface area contributed by atoms with Crippen molar-refractivity contribution >= 4 is 11.3 Å². The fraction of sp³-hybridized carbons (Fsp3) is 0.400. The maximum absolute atomic E-state index is 4.43. The Bertz CT molecular complexity index is 511. The third kappa shape index (κ3) is 2.14. The van der Waals surface area contributed by atoms with E-state index in [1.807, 2.05) is 19.4 Å². The van der Waals surface area contributed by atoms with Gasteiger partial charge in [-0.15, -0.1) is 11.3 Å². The predicted molar refractivity (Wildman–Crippen MR) is 75.8 cm³/mol. The molecule has 1 aromatic carbocycles. The lowest BCUT2D eigenvalue weighted by Gasteiger charge is -2.07. The summed E-state index contributed by atoms with van der Waals surface area (Å²) in [6.07, 6.45) is 1.08. The molecular weight excluding hydrogens is 226 g/mol. The Kier molecular flexibility index (Phi) is 3.63. The van der Waals surface area contributed by atoms with Crippen molar-refractivity contribution in [2.75, 3.05) is 0 Å². The Morgan fingerprint density at radius 3 is 2.71 bits per heavy atom. The van der Waals surface area contributed by atoms with Gasteiger partial charge in [0.25, 0.3) is 0 Å². The van der Waals surface area contributed by atoms with Gasteiger partial charge < -0.3 is 0 Å². The summed E-state index contributed by atoms with van der Waals surface area (Å²) >= 11 is 1.77. The second-order valence-electron chi connectivity index (χ2n) is 4.37. The Morgan fingerprint density at radius 1 is 1.24 bits per heavy atom. The highest BCUT2D eigenvalue weighted by Crippen LogP contribution is 2.38. The van der Waals surface area contributed by atoms with E-state index in [4.69, 9.17) is 0 Å². The third-order valence-corrected chi connectivity index (χ3v) is 3.88. The van der Waals surface area contributed by atoms with Crippen LogP contribution in [0.4, 0.5) is 0 Å². The number of hydrogen-bond acceptors (Lipinski definition) is 2. The van der Waals surface area contributed by atoms with Gasteiger partial charge >= 0.3 is 0 Å². The maximum atomic E-state index is 4.43. The first-order valence-electron chi connectivity index (χ1n) is 6.31. The van der Waals surface area contributed by atoms with Crippen LogP contribution in [0.5, 0.6) is 0 Å². The normalized spacial score (nSPS) is 11.8. The zero-order valence-electron chi connectivity index (χ0n) is 10.9. The number of hydrogen-bond donors (Lipinski definition) is 0. The molecule has 1 nitrogen and oxygen atoms in total. The molecule has 0 radical (unpaired) electrons. The largest absolute Gasteiger partial charge is 0.244 e. The lowest BCUT2D eigenvalue weighted by atomic mass is 9.98. The van der Waals surface area contributed by atoms with Crippen LogP contribution >= 0.6 is 11.3 Å². The second kappa shape index (κ2) is 5.01. The molecule has 17 heavy (non-hydrogen) atoms. The Morgan fingerprint density at radius 2 is 2.00 bits per heavy atom. The van der Waals surface area contributed by atoms with Gasteiger partial charge in [0.1, 0.15) is 0 Å². The molecular formula is C15H19NS. The molecule has 0 unspecified atom stereocenters. The summed E-state index contributed by atoms with van der Waals surface area (Å²) in [4.78, 5) is 5.85. The van der Waals surface area contributed by atoms with E-state index in [9.17, 15) is 0 Å². The minimum Gasteiger partial charge on any atom is -0.244 e. The van der Waals surface area contributed by atoms with Crippen LogP contribution in [0.25, 0.3) is 11.3 Å². The molecule has 90 valence electrons. The van der Waals surface area contributed by atoms with Gasteiger partial charge in [0.15, 0.2) is 0 Å². The molecule has 0 bridgehead atoms. The van der Waals surface area contributed by atoms with Crippen molar-refractivity contribution in [1.82, 2.24) is 4.98 Å². The number of fused-ring (bicyclic) bond motifs is 3. The summed E-state index contributed by atoms with van der Waals surface area (Å²) in [5.41, 5.74) is 7.39. The van der Waals surface area contributed by atoms with Crippen LogP contribution in [0.15, 0.2) is 23.7 Å². The zero-order chi connectivity index (χ0) is 12.4. The van der Waals surface area contributed by atoms with Gasteiger partial charge in [0, 0.05) is 16.9 Å². The Balaban J connectivity index is 0.000000514. The molecule has 2 aromatic rings. The van der Waals surface area contributed by atoms with E-state index in [1.54, 1.807) is 11.3 Å². The molecule has 1 heterocycles. The molecule has 0 saturated carbocycles. The molecule has 1 aliphatic rings. The summed E-state index contributed by atoms with van der Waals surface area (Å²) in [7, 11) is 0. The van der Waals surface area contributed by atoms with Gasteiger partial charge in [-0.25, -0.2) is 4.98 Å². The van der Waals surface area contributed by atoms with Gasteiger partial charge in [-0.05, 0) is 17.0 Å². The number of nitrogens with zero attached hydrogens (tertiary/aromatic N) is 1. The van der Waals surface area contributed by atoms with Crippen LogP contribution in [0.2, 0.25) is 0 Å². The highest BCUT2D eigenvalue weighted by molar-refractivity contribution is 7.10. The van der Waals surface area contributed by atoms with E-state index in [0.29, 0.717) is 5.92 Å². The minimum atomic E-state index is 0.613.